The van der Waals surface area contributed by atoms with E-state index in [1.165, 1.54) is 0 Å². The molecule has 0 radical (unpaired) electrons. The number of carbonyl (C=O) groups excluding carboxylic acids is 1. The Labute approximate surface area is 127 Å². The number of ether oxygens (including phenoxy) is 1. The normalized spacial score (nSPS) is 10.6. The van der Waals surface area contributed by atoms with Crippen LogP contribution in [0, 0.1) is 0 Å². The monoisotopic (exact) mass is 300 g/mol. The highest BCUT2D eigenvalue weighted by Gasteiger charge is 2.20. The van der Waals surface area contributed by atoms with E-state index in [2.05, 4.69) is 5.32 Å². The van der Waals surface area contributed by atoms with E-state index in [4.69, 9.17) is 10.5 Å². The van der Waals surface area contributed by atoms with Crippen molar-refractivity contribution in [1.29, 1.82) is 0 Å². The fourth-order valence-corrected chi connectivity index (χ4v) is 1.64. The molecule has 0 unspecified atom stereocenters. The fourth-order valence-electron chi connectivity index (χ4n) is 1.64. The molecule has 0 fully saturated rings. The van der Waals surface area contributed by atoms with Crippen LogP contribution in [0.1, 0.15) is 33.1 Å². The Kier molecular flexibility index (Phi) is 9.01. The van der Waals surface area contributed by atoms with Crippen molar-refractivity contribution >= 4 is 18.3 Å². The number of halogens is 1. The van der Waals surface area contributed by atoms with Crippen LogP contribution in [-0.2, 0) is 4.79 Å². The second-order valence-electron chi connectivity index (χ2n) is 4.76. The maximum Gasteiger partial charge on any atom is 0.223 e. The minimum atomic E-state index is -0.296. The van der Waals surface area contributed by atoms with Crippen molar-refractivity contribution in [3.05, 3.63) is 30.3 Å². The van der Waals surface area contributed by atoms with Crippen LogP contribution in [-0.4, -0.2) is 24.6 Å². The van der Waals surface area contributed by atoms with E-state index < -0.39 is 0 Å². The fraction of sp³-hybridized carbons (Fsp3) is 0.533. The molecule has 0 aromatic heterocycles. The summed E-state index contributed by atoms with van der Waals surface area (Å²) >= 11 is 0. The Bertz CT molecular complexity index is 381. The predicted molar refractivity (Wildman–Crippen MR) is 84.3 cm³/mol. The molecule has 5 heteroatoms. The van der Waals surface area contributed by atoms with Crippen LogP contribution in [0.2, 0.25) is 0 Å². The minimum absolute atomic E-state index is 0. The molecule has 0 aliphatic rings. The van der Waals surface area contributed by atoms with Gasteiger partial charge in [-0.1, -0.05) is 32.0 Å². The number of benzene rings is 1. The van der Waals surface area contributed by atoms with Crippen LogP contribution in [0.3, 0.4) is 0 Å². The van der Waals surface area contributed by atoms with Crippen LogP contribution < -0.4 is 15.8 Å². The molecule has 1 amide bonds. The first-order valence-electron chi connectivity index (χ1n) is 6.83. The van der Waals surface area contributed by atoms with Crippen LogP contribution >= 0.6 is 12.4 Å². The van der Waals surface area contributed by atoms with Gasteiger partial charge in [0.2, 0.25) is 5.91 Å². The number of hydrogen-bond acceptors (Lipinski definition) is 3. The molecule has 0 aliphatic heterocycles. The third kappa shape index (κ3) is 6.78. The molecule has 20 heavy (non-hydrogen) atoms. The number of nitrogens with one attached hydrogen (secondary N) is 1. The van der Waals surface area contributed by atoms with E-state index >= 15 is 0 Å². The Morgan fingerprint density at radius 1 is 1.25 bits per heavy atom. The van der Waals surface area contributed by atoms with Gasteiger partial charge in [0, 0.05) is 12.1 Å². The first-order valence-corrected chi connectivity index (χ1v) is 6.83. The quantitative estimate of drug-likeness (QED) is 0.775. The number of para-hydroxylation sites is 1. The average molecular weight is 301 g/mol. The molecule has 0 bridgehead atoms. The molecule has 1 aromatic carbocycles. The Morgan fingerprint density at radius 3 is 2.40 bits per heavy atom. The van der Waals surface area contributed by atoms with Gasteiger partial charge in [0.25, 0.3) is 0 Å². The molecule has 0 spiro atoms. The van der Waals surface area contributed by atoms with Gasteiger partial charge >= 0.3 is 0 Å². The smallest absolute Gasteiger partial charge is 0.223 e. The highest BCUT2D eigenvalue weighted by Crippen LogP contribution is 2.10. The van der Waals surface area contributed by atoms with Crippen molar-refractivity contribution in [2.45, 2.75) is 38.6 Å². The molecule has 0 aliphatic carbocycles. The van der Waals surface area contributed by atoms with Crippen molar-refractivity contribution in [1.82, 2.24) is 5.32 Å². The number of rotatable bonds is 8. The van der Waals surface area contributed by atoms with Gasteiger partial charge in [-0.15, -0.1) is 12.4 Å². The van der Waals surface area contributed by atoms with Gasteiger partial charge in [-0.05, 0) is 25.0 Å². The summed E-state index contributed by atoms with van der Waals surface area (Å²) in [6.07, 6.45) is 2.05. The lowest BCUT2D eigenvalue weighted by molar-refractivity contribution is -0.121. The van der Waals surface area contributed by atoms with E-state index in [-0.39, 0.29) is 23.9 Å². The van der Waals surface area contributed by atoms with Crippen LogP contribution in [0.25, 0.3) is 0 Å². The molecular formula is C15H25ClN2O2. The summed E-state index contributed by atoms with van der Waals surface area (Å²) in [7, 11) is 0. The van der Waals surface area contributed by atoms with E-state index in [0.29, 0.717) is 19.6 Å². The molecule has 0 saturated heterocycles. The number of carbonyl (C=O) groups is 1. The van der Waals surface area contributed by atoms with Gasteiger partial charge in [0.15, 0.2) is 0 Å². The number of nitrogens with two attached hydrogens (primary N) is 1. The third-order valence-electron chi connectivity index (χ3n) is 3.39. The van der Waals surface area contributed by atoms with E-state index in [9.17, 15) is 4.79 Å². The zero-order chi connectivity index (χ0) is 14.1. The second kappa shape index (κ2) is 9.61. The Balaban J connectivity index is 0.00000361. The van der Waals surface area contributed by atoms with Gasteiger partial charge in [-0.3, -0.25) is 4.79 Å². The maximum atomic E-state index is 11.7. The SMILES string of the molecule is CCC(N)(CC)CNC(=O)CCOc1ccccc1.Cl. The van der Waals surface area contributed by atoms with E-state index in [1.54, 1.807) is 0 Å². The molecule has 1 aromatic rings. The Hall–Kier alpha value is -1.26. The van der Waals surface area contributed by atoms with Crippen LogP contribution in [0.15, 0.2) is 30.3 Å². The highest BCUT2D eigenvalue weighted by atomic mass is 35.5. The number of amides is 1. The van der Waals surface area contributed by atoms with Crippen molar-refractivity contribution < 1.29 is 9.53 Å². The topological polar surface area (TPSA) is 64.3 Å². The lowest BCUT2D eigenvalue weighted by Crippen LogP contribution is -2.49. The summed E-state index contributed by atoms with van der Waals surface area (Å²) in [4.78, 5) is 11.7. The lowest BCUT2D eigenvalue weighted by Gasteiger charge is -2.26. The van der Waals surface area contributed by atoms with Gasteiger partial charge in [0.05, 0.1) is 13.0 Å². The molecule has 0 atom stereocenters. The molecule has 3 N–H and O–H groups in total. The zero-order valence-corrected chi connectivity index (χ0v) is 13.0. The van der Waals surface area contributed by atoms with Gasteiger partial charge in [-0.25, -0.2) is 0 Å². The largest absolute Gasteiger partial charge is 0.493 e. The molecule has 1 rings (SSSR count). The lowest BCUT2D eigenvalue weighted by atomic mass is 9.94. The minimum Gasteiger partial charge on any atom is -0.493 e. The summed E-state index contributed by atoms with van der Waals surface area (Å²) in [6, 6.07) is 9.48. The second-order valence-corrected chi connectivity index (χ2v) is 4.76. The summed E-state index contributed by atoms with van der Waals surface area (Å²) < 4.78 is 5.47. The maximum absolute atomic E-state index is 11.7. The van der Waals surface area contributed by atoms with Gasteiger partial charge in [0.1, 0.15) is 5.75 Å². The number of hydrogen-bond donors (Lipinski definition) is 2. The Morgan fingerprint density at radius 2 is 1.85 bits per heavy atom. The van der Waals surface area contributed by atoms with Gasteiger partial charge in [-0.2, -0.15) is 0 Å². The van der Waals surface area contributed by atoms with E-state index in [0.717, 1.165) is 18.6 Å². The van der Waals surface area contributed by atoms with Crippen molar-refractivity contribution in [3.63, 3.8) is 0 Å². The average Bonchev–Trinajstić information content (AvgIpc) is 2.46. The molecule has 4 nitrogen and oxygen atoms in total. The van der Waals surface area contributed by atoms with Crippen LogP contribution in [0.5, 0.6) is 5.75 Å². The molecule has 0 saturated carbocycles. The highest BCUT2D eigenvalue weighted by molar-refractivity contribution is 5.85. The van der Waals surface area contributed by atoms with Crippen molar-refractivity contribution in [2.75, 3.05) is 13.2 Å². The van der Waals surface area contributed by atoms with Crippen molar-refractivity contribution in [2.24, 2.45) is 5.73 Å². The first-order chi connectivity index (χ1) is 9.09. The summed E-state index contributed by atoms with van der Waals surface area (Å²) in [5, 5.41) is 2.87. The van der Waals surface area contributed by atoms with Crippen LogP contribution in [0.4, 0.5) is 0 Å². The van der Waals surface area contributed by atoms with Gasteiger partial charge < -0.3 is 15.8 Å². The standard InChI is InChI=1S/C15H24N2O2.ClH/c1-3-15(16,4-2)12-17-14(18)10-11-19-13-8-6-5-7-9-13;/h5-9H,3-4,10-12,16H2,1-2H3,(H,17,18);1H. The summed E-state index contributed by atoms with van der Waals surface area (Å²) in [5.74, 6) is 0.762. The summed E-state index contributed by atoms with van der Waals surface area (Å²) in [5.41, 5.74) is 5.82. The molecular weight excluding hydrogens is 276 g/mol. The predicted octanol–water partition coefficient (Wildman–Crippen LogP) is 2.51. The molecule has 0 heterocycles. The summed E-state index contributed by atoms with van der Waals surface area (Å²) in [6.45, 7) is 4.97. The van der Waals surface area contributed by atoms with E-state index in [1.807, 2.05) is 44.2 Å². The van der Waals surface area contributed by atoms with Crippen molar-refractivity contribution in [3.8, 4) is 5.75 Å². The third-order valence-corrected chi connectivity index (χ3v) is 3.39. The molecule has 114 valence electrons. The zero-order valence-electron chi connectivity index (χ0n) is 12.2. The first kappa shape index (κ1) is 18.7.